The Morgan fingerprint density at radius 1 is 1.40 bits per heavy atom. The normalized spacial score (nSPS) is 22.7. The predicted octanol–water partition coefficient (Wildman–Crippen LogP) is 2.14. The first kappa shape index (κ1) is 12.2. The molecular weight excluding hydrogens is 190 g/mol. The van der Waals surface area contributed by atoms with Crippen molar-refractivity contribution in [2.75, 3.05) is 19.6 Å². The van der Waals surface area contributed by atoms with Gasteiger partial charge >= 0.3 is 5.97 Å². The van der Waals surface area contributed by atoms with Gasteiger partial charge in [0.05, 0.1) is 0 Å². The first-order chi connectivity index (χ1) is 6.91. The van der Waals surface area contributed by atoms with Crippen molar-refractivity contribution in [1.82, 2.24) is 4.90 Å². The van der Waals surface area contributed by atoms with Crippen LogP contribution in [0.3, 0.4) is 0 Å². The van der Waals surface area contributed by atoms with Crippen LogP contribution in [-0.4, -0.2) is 35.6 Å². The molecule has 1 aliphatic rings. The fourth-order valence-corrected chi connectivity index (χ4v) is 1.69. The number of likely N-dealkylation sites (tertiary alicyclic amines) is 1. The quantitative estimate of drug-likeness (QED) is 0.727. The molecule has 1 rings (SSSR count). The Morgan fingerprint density at radius 3 is 2.40 bits per heavy atom. The smallest absolute Gasteiger partial charge is 0.330 e. The van der Waals surface area contributed by atoms with E-state index >= 15 is 0 Å². The van der Waals surface area contributed by atoms with Crippen LogP contribution in [0.5, 0.6) is 0 Å². The van der Waals surface area contributed by atoms with Gasteiger partial charge in [0, 0.05) is 12.1 Å². The number of carboxylic acids is 1. The van der Waals surface area contributed by atoms with Gasteiger partial charge in [-0.1, -0.05) is 19.9 Å². The van der Waals surface area contributed by atoms with Gasteiger partial charge < -0.3 is 5.11 Å². The molecule has 0 aromatic heterocycles. The molecule has 0 amide bonds. The van der Waals surface area contributed by atoms with E-state index in [1.807, 2.05) is 0 Å². The van der Waals surface area contributed by atoms with Crippen molar-refractivity contribution in [2.45, 2.75) is 33.6 Å². The van der Waals surface area contributed by atoms with Crippen molar-refractivity contribution in [3.63, 3.8) is 0 Å². The van der Waals surface area contributed by atoms with Crippen LogP contribution >= 0.6 is 0 Å². The number of hydrogen-bond donors (Lipinski definition) is 1. The number of nitrogens with zero attached hydrogens (tertiary/aromatic N) is 1. The fourth-order valence-electron chi connectivity index (χ4n) is 1.69. The lowest BCUT2D eigenvalue weighted by molar-refractivity contribution is -0.132. The molecule has 86 valence electrons. The lowest BCUT2D eigenvalue weighted by Gasteiger charge is -2.36. The fraction of sp³-hybridized carbons (Fsp3) is 0.750. The van der Waals surface area contributed by atoms with Gasteiger partial charge in [0.1, 0.15) is 0 Å². The topological polar surface area (TPSA) is 40.5 Å². The van der Waals surface area contributed by atoms with Crippen LogP contribution in [0.1, 0.15) is 33.6 Å². The second kappa shape index (κ2) is 4.79. The van der Waals surface area contributed by atoms with E-state index in [0.717, 1.165) is 19.6 Å². The Kier molecular flexibility index (Phi) is 3.91. The molecule has 0 unspecified atom stereocenters. The van der Waals surface area contributed by atoms with E-state index in [0.29, 0.717) is 11.0 Å². The minimum atomic E-state index is -0.813. The molecular formula is C12H21NO2. The minimum absolute atomic E-state index is 0.444. The molecule has 1 saturated heterocycles. The number of hydrogen-bond acceptors (Lipinski definition) is 2. The third-order valence-electron chi connectivity index (χ3n) is 3.20. The summed E-state index contributed by atoms with van der Waals surface area (Å²) in [4.78, 5) is 12.9. The molecule has 0 aromatic carbocycles. The van der Waals surface area contributed by atoms with Gasteiger partial charge in [-0.2, -0.15) is 0 Å². The van der Waals surface area contributed by atoms with Gasteiger partial charge in [0.15, 0.2) is 0 Å². The van der Waals surface area contributed by atoms with E-state index in [1.54, 1.807) is 13.0 Å². The summed E-state index contributed by atoms with van der Waals surface area (Å²) in [5.74, 6) is -0.813. The zero-order valence-corrected chi connectivity index (χ0v) is 9.92. The van der Waals surface area contributed by atoms with Crippen molar-refractivity contribution >= 4 is 5.97 Å². The van der Waals surface area contributed by atoms with Crippen molar-refractivity contribution in [3.8, 4) is 0 Å². The molecule has 0 bridgehead atoms. The standard InChI is InChI=1S/C12H21NO2/c1-10(11(14)15)4-7-13-8-5-12(2,3)6-9-13/h4H,5-9H2,1-3H3,(H,14,15). The summed E-state index contributed by atoms with van der Waals surface area (Å²) in [6.07, 6.45) is 4.21. The van der Waals surface area contributed by atoms with E-state index in [-0.39, 0.29) is 0 Å². The zero-order valence-electron chi connectivity index (χ0n) is 9.92. The van der Waals surface area contributed by atoms with Gasteiger partial charge in [-0.3, -0.25) is 4.90 Å². The van der Waals surface area contributed by atoms with Crippen molar-refractivity contribution < 1.29 is 9.90 Å². The zero-order chi connectivity index (χ0) is 11.5. The third kappa shape index (κ3) is 4.04. The molecule has 0 radical (unpaired) electrons. The summed E-state index contributed by atoms with van der Waals surface area (Å²) in [6, 6.07) is 0. The molecule has 0 atom stereocenters. The van der Waals surface area contributed by atoms with Crippen LogP contribution in [0.4, 0.5) is 0 Å². The van der Waals surface area contributed by atoms with Gasteiger partial charge in [-0.05, 0) is 38.3 Å². The van der Waals surface area contributed by atoms with E-state index in [1.165, 1.54) is 12.8 Å². The van der Waals surface area contributed by atoms with Crippen LogP contribution in [0, 0.1) is 5.41 Å². The molecule has 15 heavy (non-hydrogen) atoms. The SMILES string of the molecule is CC(=CCN1CCC(C)(C)CC1)C(=O)O. The second-order valence-electron chi connectivity index (χ2n) is 5.16. The predicted molar refractivity (Wildman–Crippen MR) is 60.8 cm³/mol. The Labute approximate surface area is 91.8 Å². The summed E-state index contributed by atoms with van der Waals surface area (Å²) < 4.78 is 0. The average molecular weight is 211 g/mol. The van der Waals surface area contributed by atoms with Gasteiger partial charge in [-0.15, -0.1) is 0 Å². The Bertz CT molecular complexity index is 259. The summed E-state index contributed by atoms with van der Waals surface area (Å²) in [7, 11) is 0. The van der Waals surface area contributed by atoms with E-state index in [4.69, 9.17) is 5.11 Å². The van der Waals surface area contributed by atoms with Crippen molar-refractivity contribution in [3.05, 3.63) is 11.6 Å². The highest BCUT2D eigenvalue weighted by atomic mass is 16.4. The van der Waals surface area contributed by atoms with Gasteiger partial charge in [-0.25, -0.2) is 4.79 Å². The number of rotatable bonds is 3. The first-order valence-corrected chi connectivity index (χ1v) is 5.53. The van der Waals surface area contributed by atoms with Crippen LogP contribution < -0.4 is 0 Å². The molecule has 0 aliphatic carbocycles. The van der Waals surface area contributed by atoms with Crippen LogP contribution in [0.25, 0.3) is 0 Å². The summed E-state index contributed by atoms with van der Waals surface area (Å²) >= 11 is 0. The third-order valence-corrected chi connectivity index (χ3v) is 3.20. The van der Waals surface area contributed by atoms with E-state index < -0.39 is 5.97 Å². The minimum Gasteiger partial charge on any atom is -0.478 e. The Hall–Kier alpha value is -0.830. The maximum Gasteiger partial charge on any atom is 0.330 e. The summed E-state index contributed by atoms with van der Waals surface area (Å²) in [6.45, 7) is 9.17. The molecule has 3 heteroatoms. The summed E-state index contributed by atoms with van der Waals surface area (Å²) in [5.41, 5.74) is 0.905. The van der Waals surface area contributed by atoms with Crippen molar-refractivity contribution in [1.29, 1.82) is 0 Å². The maximum atomic E-state index is 10.6. The molecule has 1 fully saturated rings. The number of carbonyl (C=O) groups is 1. The molecule has 0 saturated carbocycles. The van der Waals surface area contributed by atoms with Gasteiger partial charge in [0.25, 0.3) is 0 Å². The highest BCUT2D eigenvalue weighted by Crippen LogP contribution is 2.29. The Morgan fingerprint density at radius 2 is 1.93 bits per heavy atom. The molecule has 3 nitrogen and oxygen atoms in total. The number of piperidine rings is 1. The summed E-state index contributed by atoms with van der Waals surface area (Å²) in [5, 5.41) is 8.71. The van der Waals surface area contributed by atoms with Crippen molar-refractivity contribution in [2.24, 2.45) is 5.41 Å². The molecule has 1 aliphatic heterocycles. The molecule has 1 N–H and O–H groups in total. The van der Waals surface area contributed by atoms with E-state index in [9.17, 15) is 4.79 Å². The largest absolute Gasteiger partial charge is 0.478 e. The number of carboxylic acid groups (broad SMARTS) is 1. The first-order valence-electron chi connectivity index (χ1n) is 5.53. The Balaban J connectivity index is 2.37. The highest BCUT2D eigenvalue weighted by molar-refractivity contribution is 5.85. The van der Waals surface area contributed by atoms with Gasteiger partial charge in [0.2, 0.25) is 0 Å². The molecule has 0 spiro atoms. The van der Waals surface area contributed by atoms with E-state index in [2.05, 4.69) is 18.7 Å². The average Bonchev–Trinajstić information content (AvgIpc) is 2.15. The maximum absolute atomic E-state index is 10.6. The highest BCUT2D eigenvalue weighted by Gasteiger charge is 2.24. The van der Waals surface area contributed by atoms with Crippen LogP contribution in [-0.2, 0) is 4.79 Å². The van der Waals surface area contributed by atoms with Crippen LogP contribution in [0.15, 0.2) is 11.6 Å². The second-order valence-corrected chi connectivity index (χ2v) is 5.16. The molecule has 1 heterocycles. The monoisotopic (exact) mass is 211 g/mol. The molecule has 0 aromatic rings. The lowest BCUT2D eigenvalue weighted by atomic mass is 9.83. The van der Waals surface area contributed by atoms with Crippen LogP contribution in [0.2, 0.25) is 0 Å². The number of aliphatic carboxylic acids is 1. The lowest BCUT2D eigenvalue weighted by Crippen LogP contribution is -2.37.